The van der Waals surface area contributed by atoms with E-state index in [0.29, 0.717) is 24.3 Å². The zero-order valence-corrected chi connectivity index (χ0v) is 12.8. The van der Waals surface area contributed by atoms with Gasteiger partial charge >= 0.3 is 5.97 Å². The number of nitrogens with zero attached hydrogens (tertiary/aromatic N) is 4. The van der Waals surface area contributed by atoms with Gasteiger partial charge in [-0.25, -0.2) is 9.67 Å². The summed E-state index contributed by atoms with van der Waals surface area (Å²) >= 11 is 0. The number of aromatic nitrogens is 3. The fraction of sp³-hybridized carbons (Fsp3) is 0.800. The predicted octanol–water partition coefficient (Wildman–Crippen LogP) is 1.66. The fourth-order valence-electron chi connectivity index (χ4n) is 3.69. The number of likely N-dealkylation sites (tertiary alicyclic amines) is 1. The minimum absolute atomic E-state index is 0.482. The minimum atomic E-state index is -0.778. The average molecular weight is 292 g/mol. The molecule has 21 heavy (non-hydrogen) atoms. The van der Waals surface area contributed by atoms with Crippen LogP contribution in [0.25, 0.3) is 0 Å². The topological polar surface area (TPSA) is 71.2 Å². The highest BCUT2D eigenvalue weighted by Gasteiger charge is 2.32. The van der Waals surface area contributed by atoms with Crippen molar-refractivity contribution in [2.45, 2.75) is 70.5 Å². The Morgan fingerprint density at radius 1 is 1.33 bits per heavy atom. The number of fused-ring (bicyclic) bond motifs is 1. The predicted molar refractivity (Wildman–Crippen MR) is 78.2 cm³/mol. The summed E-state index contributed by atoms with van der Waals surface area (Å²) in [4.78, 5) is 18.4. The highest BCUT2D eigenvalue weighted by Crippen LogP contribution is 2.27. The van der Waals surface area contributed by atoms with Gasteiger partial charge in [0.2, 0.25) is 0 Å². The smallest absolute Gasteiger partial charge is 0.314 e. The second kappa shape index (κ2) is 5.75. The Morgan fingerprint density at radius 2 is 2.10 bits per heavy atom. The molecule has 0 amide bonds. The maximum atomic E-state index is 11.3. The van der Waals surface area contributed by atoms with Crippen LogP contribution in [0.2, 0.25) is 0 Å². The van der Waals surface area contributed by atoms with Gasteiger partial charge in [0.15, 0.2) is 5.82 Å². The summed E-state index contributed by atoms with van der Waals surface area (Å²) in [6.07, 6.45) is 4.80. The summed E-state index contributed by atoms with van der Waals surface area (Å²) in [7, 11) is 0. The number of hydrogen-bond donors (Lipinski definition) is 1. The van der Waals surface area contributed by atoms with Crippen LogP contribution in [0, 0.1) is 0 Å². The van der Waals surface area contributed by atoms with Crippen LogP contribution >= 0.6 is 0 Å². The van der Waals surface area contributed by atoms with Crippen molar-refractivity contribution in [1.29, 1.82) is 0 Å². The quantitative estimate of drug-likeness (QED) is 0.913. The molecule has 2 unspecified atom stereocenters. The van der Waals surface area contributed by atoms with Crippen molar-refractivity contribution in [3.8, 4) is 0 Å². The van der Waals surface area contributed by atoms with Crippen molar-refractivity contribution in [3.63, 3.8) is 0 Å². The first-order chi connectivity index (χ1) is 10.1. The second-order valence-electron chi connectivity index (χ2n) is 6.47. The number of rotatable bonds is 4. The molecule has 0 saturated carbocycles. The molecule has 0 spiro atoms. The molecule has 2 atom stereocenters. The van der Waals surface area contributed by atoms with Gasteiger partial charge in [-0.15, -0.1) is 0 Å². The van der Waals surface area contributed by atoms with E-state index in [1.165, 1.54) is 12.8 Å². The summed E-state index contributed by atoms with van der Waals surface area (Å²) in [6, 6.07) is 1.04. The van der Waals surface area contributed by atoms with E-state index in [1.807, 2.05) is 4.68 Å². The molecule has 1 N–H and O–H groups in total. The van der Waals surface area contributed by atoms with E-state index in [1.54, 1.807) is 0 Å². The van der Waals surface area contributed by atoms with Crippen molar-refractivity contribution in [3.05, 3.63) is 11.6 Å². The summed E-state index contributed by atoms with van der Waals surface area (Å²) < 4.78 is 1.81. The number of carboxylic acids is 1. The Labute approximate surface area is 125 Å². The van der Waals surface area contributed by atoms with Crippen molar-refractivity contribution in [2.24, 2.45) is 0 Å². The highest BCUT2D eigenvalue weighted by molar-refractivity contribution is 5.75. The van der Waals surface area contributed by atoms with E-state index in [0.717, 1.165) is 31.8 Å². The Hall–Kier alpha value is -1.43. The third-order valence-corrected chi connectivity index (χ3v) is 4.72. The Morgan fingerprint density at radius 3 is 2.81 bits per heavy atom. The Balaban J connectivity index is 1.77. The van der Waals surface area contributed by atoms with Crippen LogP contribution in [-0.2, 0) is 17.8 Å². The Bertz CT molecular complexity index is 526. The van der Waals surface area contributed by atoms with Gasteiger partial charge in [0.05, 0.1) is 0 Å². The average Bonchev–Trinajstić information content (AvgIpc) is 3.03. The maximum Gasteiger partial charge on any atom is 0.314 e. The van der Waals surface area contributed by atoms with E-state index in [4.69, 9.17) is 0 Å². The fourth-order valence-corrected chi connectivity index (χ4v) is 3.69. The van der Waals surface area contributed by atoms with Gasteiger partial charge in [-0.1, -0.05) is 0 Å². The molecule has 1 aromatic heterocycles. The van der Waals surface area contributed by atoms with Gasteiger partial charge < -0.3 is 5.11 Å². The number of carbonyl (C=O) groups is 1. The lowest BCUT2D eigenvalue weighted by Gasteiger charge is -2.27. The van der Waals surface area contributed by atoms with Crippen LogP contribution in [0.5, 0.6) is 0 Å². The zero-order chi connectivity index (χ0) is 15.0. The standard InChI is InChI=1S/C15H24N4O2/c1-10(2)18-7-3-5-11(18)9-13-16-14-12(15(20)21)6-4-8-19(14)17-13/h10-12H,3-9H2,1-2H3,(H,20,21). The van der Waals surface area contributed by atoms with E-state index in [9.17, 15) is 9.90 Å². The SMILES string of the molecule is CC(C)N1CCCC1Cc1nc2n(n1)CCCC2C(=O)O. The molecule has 0 radical (unpaired) electrons. The second-order valence-corrected chi connectivity index (χ2v) is 6.47. The number of carboxylic acid groups (broad SMARTS) is 1. The van der Waals surface area contributed by atoms with Crippen molar-refractivity contribution < 1.29 is 9.90 Å². The first kappa shape index (κ1) is 14.5. The summed E-state index contributed by atoms with van der Waals surface area (Å²) in [5.74, 6) is 0.206. The summed E-state index contributed by atoms with van der Waals surface area (Å²) in [6.45, 7) is 6.40. The van der Waals surface area contributed by atoms with Crippen molar-refractivity contribution >= 4 is 5.97 Å². The molecule has 6 nitrogen and oxygen atoms in total. The highest BCUT2D eigenvalue weighted by atomic mass is 16.4. The lowest BCUT2D eigenvalue weighted by molar-refractivity contribution is -0.139. The van der Waals surface area contributed by atoms with Gasteiger partial charge in [0, 0.05) is 25.0 Å². The van der Waals surface area contributed by atoms with E-state index in [2.05, 4.69) is 28.8 Å². The number of hydrogen-bond acceptors (Lipinski definition) is 4. The molecular weight excluding hydrogens is 268 g/mol. The van der Waals surface area contributed by atoms with Crippen LogP contribution in [0.3, 0.4) is 0 Å². The minimum Gasteiger partial charge on any atom is -0.481 e. The molecule has 116 valence electrons. The molecule has 1 aromatic rings. The third kappa shape index (κ3) is 2.81. The number of aryl methyl sites for hydroxylation is 1. The van der Waals surface area contributed by atoms with Gasteiger partial charge in [-0.05, 0) is 46.1 Å². The zero-order valence-electron chi connectivity index (χ0n) is 12.8. The van der Waals surface area contributed by atoms with E-state index in [-0.39, 0.29) is 0 Å². The summed E-state index contributed by atoms with van der Waals surface area (Å²) in [5.41, 5.74) is 0. The molecular formula is C15H24N4O2. The van der Waals surface area contributed by atoms with Crippen molar-refractivity contribution in [2.75, 3.05) is 6.54 Å². The van der Waals surface area contributed by atoms with Crippen molar-refractivity contribution in [1.82, 2.24) is 19.7 Å². The lowest BCUT2D eigenvalue weighted by Crippen LogP contribution is -2.36. The number of aliphatic carboxylic acids is 1. The molecule has 3 heterocycles. The molecule has 0 bridgehead atoms. The lowest BCUT2D eigenvalue weighted by atomic mass is 10.00. The molecule has 2 aliphatic heterocycles. The van der Waals surface area contributed by atoms with E-state index < -0.39 is 11.9 Å². The monoisotopic (exact) mass is 292 g/mol. The largest absolute Gasteiger partial charge is 0.481 e. The van der Waals surface area contributed by atoms with Gasteiger partial charge in [0.25, 0.3) is 0 Å². The first-order valence-corrected chi connectivity index (χ1v) is 7.98. The summed E-state index contributed by atoms with van der Waals surface area (Å²) in [5, 5.41) is 13.9. The van der Waals surface area contributed by atoms with Crippen LogP contribution in [0.15, 0.2) is 0 Å². The molecule has 1 saturated heterocycles. The van der Waals surface area contributed by atoms with Crippen LogP contribution < -0.4 is 0 Å². The molecule has 2 aliphatic rings. The third-order valence-electron chi connectivity index (χ3n) is 4.72. The van der Waals surface area contributed by atoms with Gasteiger partial charge in [-0.2, -0.15) is 5.10 Å². The van der Waals surface area contributed by atoms with Crippen LogP contribution in [0.1, 0.15) is 57.1 Å². The van der Waals surface area contributed by atoms with Gasteiger partial charge in [-0.3, -0.25) is 9.69 Å². The van der Waals surface area contributed by atoms with Gasteiger partial charge in [0.1, 0.15) is 11.7 Å². The molecule has 3 rings (SSSR count). The van der Waals surface area contributed by atoms with E-state index >= 15 is 0 Å². The molecule has 1 fully saturated rings. The van der Waals surface area contributed by atoms with Crippen LogP contribution in [0.4, 0.5) is 0 Å². The maximum absolute atomic E-state index is 11.3. The molecule has 0 aromatic carbocycles. The molecule has 0 aliphatic carbocycles. The Kier molecular flexibility index (Phi) is 3.97. The van der Waals surface area contributed by atoms with Crippen LogP contribution in [-0.4, -0.2) is 49.4 Å². The molecule has 6 heteroatoms. The normalized spacial score (nSPS) is 26.2. The first-order valence-electron chi connectivity index (χ1n) is 7.98.